The van der Waals surface area contributed by atoms with E-state index in [9.17, 15) is 4.79 Å². The van der Waals surface area contributed by atoms with Gasteiger partial charge in [0.2, 0.25) is 5.06 Å². The summed E-state index contributed by atoms with van der Waals surface area (Å²) in [6.45, 7) is 0. The zero-order chi connectivity index (χ0) is 9.30. The third-order valence-electron chi connectivity index (χ3n) is 0.907. The first kappa shape index (κ1) is 9.92. The summed E-state index contributed by atoms with van der Waals surface area (Å²) in [4.78, 5) is 10.1. The van der Waals surface area contributed by atoms with Crippen molar-refractivity contribution in [3.8, 4) is 5.06 Å². The summed E-state index contributed by atoms with van der Waals surface area (Å²) in [5.41, 5.74) is 0. The van der Waals surface area contributed by atoms with Gasteiger partial charge < -0.3 is 9.84 Å². The molecule has 7 heteroatoms. The Morgan fingerprint density at radius 2 is 1.92 bits per heavy atom. The molecule has 0 saturated carbocycles. The highest BCUT2D eigenvalue weighted by Crippen LogP contribution is 2.45. The Hall–Kier alpha value is -0.160. The Morgan fingerprint density at radius 3 is 2.25 bits per heavy atom. The molecule has 1 N–H and O–H groups in total. The zero-order valence-corrected chi connectivity index (χ0v) is 8.39. The van der Waals surface area contributed by atoms with Gasteiger partial charge in [-0.15, -0.1) is 0 Å². The second-order valence-electron chi connectivity index (χ2n) is 1.66. The molecule has 66 valence electrons. The lowest BCUT2D eigenvalue weighted by atomic mass is 10.6. The second-order valence-corrected chi connectivity index (χ2v) is 4.00. The molecule has 0 unspecified atom stereocenters. The van der Waals surface area contributed by atoms with Crippen LogP contribution in [0.5, 0.6) is 5.06 Å². The van der Waals surface area contributed by atoms with E-state index >= 15 is 0 Å². The maximum absolute atomic E-state index is 10.1. The number of carbonyl (C=O) groups is 1. The number of halogens is 3. The van der Waals surface area contributed by atoms with Gasteiger partial charge in [0, 0.05) is 0 Å². The van der Waals surface area contributed by atoms with E-state index in [2.05, 4.69) is 4.74 Å². The maximum atomic E-state index is 10.1. The molecule has 3 nitrogen and oxygen atoms in total. The van der Waals surface area contributed by atoms with Gasteiger partial charge in [-0.25, -0.2) is 4.79 Å². The molecule has 12 heavy (non-hydrogen) atoms. The maximum Gasteiger partial charge on any atom is 0.512 e. The molecule has 0 amide bonds. The molecule has 0 bridgehead atoms. The van der Waals surface area contributed by atoms with Gasteiger partial charge in [-0.05, 0) is 0 Å². The summed E-state index contributed by atoms with van der Waals surface area (Å²) in [7, 11) is 0. The highest BCUT2D eigenvalue weighted by molar-refractivity contribution is 7.19. The summed E-state index contributed by atoms with van der Waals surface area (Å²) in [6.07, 6.45) is -1.45. The topological polar surface area (TPSA) is 46.5 Å². The molecule has 0 radical (unpaired) electrons. The Morgan fingerprint density at radius 1 is 1.33 bits per heavy atom. The van der Waals surface area contributed by atoms with Gasteiger partial charge in [0.1, 0.15) is 9.36 Å². The fraction of sp³-hybridized carbons (Fsp3) is 0. The van der Waals surface area contributed by atoms with Crippen LogP contribution >= 0.6 is 46.1 Å². The minimum Gasteiger partial charge on any atom is -0.449 e. The Labute approximate surface area is 86.4 Å². The molecule has 0 spiro atoms. The molecular weight excluding hydrogens is 246 g/mol. The quantitative estimate of drug-likeness (QED) is 0.769. The van der Waals surface area contributed by atoms with Crippen molar-refractivity contribution in [3.05, 3.63) is 14.4 Å². The number of carboxylic acid groups (broad SMARTS) is 1. The number of thiophene rings is 1. The van der Waals surface area contributed by atoms with Crippen LogP contribution in [0.3, 0.4) is 0 Å². The van der Waals surface area contributed by atoms with Crippen LogP contribution < -0.4 is 4.74 Å². The van der Waals surface area contributed by atoms with Gasteiger partial charge in [-0.2, -0.15) is 0 Å². The monoisotopic (exact) mass is 246 g/mol. The van der Waals surface area contributed by atoms with Crippen LogP contribution in [-0.2, 0) is 0 Å². The van der Waals surface area contributed by atoms with E-state index in [1.807, 2.05) is 0 Å². The first-order chi connectivity index (χ1) is 5.52. The molecule has 1 aromatic heterocycles. The van der Waals surface area contributed by atoms with Gasteiger partial charge in [-0.1, -0.05) is 46.1 Å². The molecule has 0 aliphatic carbocycles. The van der Waals surface area contributed by atoms with Crippen molar-refractivity contribution in [2.75, 3.05) is 0 Å². The van der Waals surface area contributed by atoms with Crippen LogP contribution in [0.4, 0.5) is 4.79 Å². The van der Waals surface area contributed by atoms with Crippen LogP contribution in [0.1, 0.15) is 0 Å². The van der Waals surface area contributed by atoms with Crippen molar-refractivity contribution in [2.24, 2.45) is 0 Å². The summed E-state index contributed by atoms with van der Waals surface area (Å²) in [5.74, 6) is 0. The van der Waals surface area contributed by atoms with Gasteiger partial charge >= 0.3 is 6.16 Å². The standard InChI is InChI=1S/C5HCl3O3S/c6-1-2(7)4(11-5(9)10)12-3(1)8/h(H,9,10). The molecule has 1 rings (SSSR count). The van der Waals surface area contributed by atoms with Crippen molar-refractivity contribution < 1.29 is 14.6 Å². The van der Waals surface area contributed by atoms with Crippen LogP contribution in [0.2, 0.25) is 14.4 Å². The predicted octanol–water partition coefficient (Wildman–Crippen LogP) is 3.77. The molecule has 1 aromatic rings. The first-order valence-corrected chi connectivity index (χ1v) is 4.51. The molecule has 0 aliphatic heterocycles. The van der Waals surface area contributed by atoms with Crippen molar-refractivity contribution in [3.63, 3.8) is 0 Å². The third-order valence-corrected chi connectivity index (χ3v) is 3.34. The average Bonchev–Trinajstić information content (AvgIpc) is 2.17. The van der Waals surface area contributed by atoms with E-state index in [1.165, 1.54) is 0 Å². The largest absolute Gasteiger partial charge is 0.512 e. The van der Waals surface area contributed by atoms with Gasteiger partial charge in [-0.3, -0.25) is 0 Å². The van der Waals surface area contributed by atoms with E-state index in [0.717, 1.165) is 11.3 Å². The zero-order valence-electron chi connectivity index (χ0n) is 5.31. The molecular formula is C5HCl3O3S. The van der Waals surface area contributed by atoms with Gasteiger partial charge in [0.15, 0.2) is 0 Å². The Balaban J connectivity index is 3.01. The lowest BCUT2D eigenvalue weighted by Crippen LogP contribution is -2.01. The average molecular weight is 247 g/mol. The highest BCUT2D eigenvalue weighted by Gasteiger charge is 2.16. The lowest BCUT2D eigenvalue weighted by molar-refractivity contribution is 0.146. The molecule has 0 aliphatic rings. The smallest absolute Gasteiger partial charge is 0.449 e. The SMILES string of the molecule is O=C(O)Oc1sc(Cl)c(Cl)c1Cl. The predicted molar refractivity (Wildman–Crippen MR) is 48.0 cm³/mol. The highest BCUT2D eigenvalue weighted by atomic mass is 35.5. The van der Waals surface area contributed by atoms with Crippen LogP contribution in [0, 0.1) is 0 Å². The van der Waals surface area contributed by atoms with Crippen LogP contribution in [0.25, 0.3) is 0 Å². The molecule has 1 heterocycles. The number of rotatable bonds is 1. The third kappa shape index (κ3) is 1.95. The van der Waals surface area contributed by atoms with E-state index in [4.69, 9.17) is 39.9 Å². The van der Waals surface area contributed by atoms with Crippen LogP contribution in [-0.4, -0.2) is 11.3 Å². The van der Waals surface area contributed by atoms with E-state index < -0.39 is 6.16 Å². The second kappa shape index (κ2) is 3.70. The normalized spacial score (nSPS) is 9.92. The Kier molecular flexibility index (Phi) is 3.06. The summed E-state index contributed by atoms with van der Waals surface area (Å²) in [5, 5.41) is 8.35. The van der Waals surface area contributed by atoms with E-state index in [0.29, 0.717) is 0 Å². The molecule has 0 aromatic carbocycles. The molecule has 0 atom stereocenters. The number of hydrogen-bond donors (Lipinski definition) is 1. The van der Waals surface area contributed by atoms with Gasteiger partial charge in [0.05, 0.1) is 5.02 Å². The fourth-order valence-corrected chi connectivity index (χ4v) is 2.07. The van der Waals surface area contributed by atoms with E-state index in [-0.39, 0.29) is 19.4 Å². The van der Waals surface area contributed by atoms with Crippen molar-refractivity contribution in [2.45, 2.75) is 0 Å². The minimum atomic E-state index is -1.45. The fourth-order valence-electron chi connectivity index (χ4n) is 0.492. The minimum absolute atomic E-state index is 0.0147. The lowest BCUT2D eigenvalue weighted by Gasteiger charge is -1.93. The molecule has 0 saturated heterocycles. The number of hydrogen-bond acceptors (Lipinski definition) is 3. The molecule has 0 fully saturated rings. The van der Waals surface area contributed by atoms with E-state index in [1.54, 1.807) is 0 Å². The Bertz CT molecular complexity index is 322. The summed E-state index contributed by atoms with van der Waals surface area (Å²) < 4.78 is 4.49. The number of ether oxygens (including phenoxy) is 1. The van der Waals surface area contributed by atoms with Crippen LogP contribution in [0.15, 0.2) is 0 Å². The van der Waals surface area contributed by atoms with Crippen molar-refractivity contribution in [1.82, 2.24) is 0 Å². The summed E-state index contributed by atoms with van der Waals surface area (Å²) >= 11 is 17.5. The van der Waals surface area contributed by atoms with Gasteiger partial charge in [0.25, 0.3) is 0 Å². The first-order valence-electron chi connectivity index (χ1n) is 2.56. The van der Waals surface area contributed by atoms with Crippen molar-refractivity contribution in [1.29, 1.82) is 0 Å². The van der Waals surface area contributed by atoms with Crippen molar-refractivity contribution >= 4 is 52.3 Å². The summed E-state index contributed by atoms with van der Waals surface area (Å²) in [6, 6.07) is 0.